The topological polar surface area (TPSA) is 70.5 Å². The van der Waals surface area contributed by atoms with Gasteiger partial charge in [-0.15, -0.1) is 0 Å². The summed E-state index contributed by atoms with van der Waals surface area (Å²) in [5, 5.41) is 0. The van der Waals surface area contributed by atoms with Crippen LogP contribution in [-0.4, -0.2) is 47.3 Å². The van der Waals surface area contributed by atoms with Crippen molar-refractivity contribution in [2.24, 2.45) is 0 Å². The molecule has 2 aromatic rings. The van der Waals surface area contributed by atoms with Gasteiger partial charge in [-0.1, -0.05) is 0 Å². The summed E-state index contributed by atoms with van der Waals surface area (Å²) in [7, 11) is 0. The van der Waals surface area contributed by atoms with E-state index in [0.29, 0.717) is 13.2 Å². The molecule has 118 valence electrons. The molecule has 0 saturated carbocycles. The SMILES string of the molecule is CCOc1ccc([Te][Te]c2ccc(OCC)c(N)c2)cc1N. The molecule has 4 nitrogen and oxygen atoms in total. The molecule has 0 radical (unpaired) electrons. The van der Waals surface area contributed by atoms with Crippen molar-refractivity contribution in [3.63, 3.8) is 0 Å². The molecular formula is C16H20N2O2Te2. The van der Waals surface area contributed by atoms with E-state index in [9.17, 15) is 0 Å². The fraction of sp³-hybridized carbons (Fsp3) is 0.250. The van der Waals surface area contributed by atoms with Gasteiger partial charge in [0.1, 0.15) is 0 Å². The van der Waals surface area contributed by atoms with E-state index >= 15 is 0 Å². The maximum absolute atomic E-state index is 6.03. The van der Waals surface area contributed by atoms with Crippen molar-refractivity contribution >= 4 is 52.7 Å². The zero-order valence-electron chi connectivity index (χ0n) is 12.7. The molecule has 0 saturated heterocycles. The third kappa shape index (κ3) is 4.86. The Hall–Kier alpha value is -0.781. The zero-order chi connectivity index (χ0) is 15.9. The van der Waals surface area contributed by atoms with Crippen LogP contribution in [0.2, 0.25) is 0 Å². The molecule has 2 rings (SSSR count). The monoisotopic (exact) mass is 532 g/mol. The van der Waals surface area contributed by atoms with Crippen molar-refractivity contribution in [1.29, 1.82) is 0 Å². The van der Waals surface area contributed by atoms with Gasteiger partial charge >= 0.3 is 149 Å². The Kier molecular flexibility index (Phi) is 6.99. The number of ether oxygens (including phenoxy) is 2. The molecular weight excluding hydrogens is 507 g/mol. The number of hydrogen-bond donors (Lipinski definition) is 2. The van der Waals surface area contributed by atoms with Crippen LogP contribution in [0.3, 0.4) is 0 Å². The van der Waals surface area contributed by atoms with Crippen LogP contribution < -0.4 is 28.2 Å². The van der Waals surface area contributed by atoms with E-state index in [2.05, 4.69) is 24.3 Å². The standard InChI is InChI=1S/C16H20N2O2Te2/c1-3-19-15-7-5-11(9-13(15)17)21-22-12-6-8-16(20-4-2)14(18)10-12/h5-10H,3-4,17-18H2,1-2H3. The maximum atomic E-state index is 6.03. The normalized spacial score (nSPS) is 10.5. The summed E-state index contributed by atoms with van der Waals surface area (Å²) in [5.41, 5.74) is 13.5. The molecule has 0 heterocycles. The van der Waals surface area contributed by atoms with Gasteiger partial charge in [-0.25, -0.2) is 0 Å². The number of benzene rings is 2. The van der Waals surface area contributed by atoms with Gasteiger partial charge in [0.05, 0.1) is 0 Å². The number of nitrogens with two attached hydrogens (primary N) is 2. The second-order valence-corrected chi connectivity index (χ2v) is 14.5. The molecule has 4 N–H and O–H groups in total. The molecule has 0 spiro atoms. The molecule has 0 aromatic heterocycles. The third-order valence-corrected chi connectivity index (χ3v) is 14.5. The minimum absolute atomic E-state index is 0.217. The second kappa shape index (κ2) is 8.75. The molecule has 0 atom stereocenters. The van der Waals surface area contributed by atoms with E-state index in [-0.39, 0.29) is 34.1 Å². The molecule has 6 heteroatoms. The molecule has 0 fully saturated rings. The van der Waals surface area contributed by atoms with Gasteiger partial charge in [0, 0.05) is 0 Å². The predicted octanol–water partition coefficient (Wildman–Crippen LogP) is 0.923. The summed E-state index contributed by atoms with van der Waals surface area (Å²) >= 11 is -0.434. The summed E-state index contributed by atoms with van der Waals surface area (Å²) in [6.07, 6.45) is 0. The van der Waals surface area contributed by atoms with Crippen LogP contribution in [0.1, 0.15) is 13.8 Å². The van der Waals surface area contributed by atoms with Gasteiger partial charge < -0.3 is 0 Å². The summed E-state index contributed by atoms with van der Waals surface area (Å²) in [5.74, 6) is 1.56. The van der Waals surface area contributed by atoms with E-state index in [1.54, 1.807) is 0 Å². The molecule has 0 amide bonds. The first-order valence-corrected chi connectivity index (χ1v) is 16.7. The van der Waals surface area contributed by atoms with Gasteiger partial charge in [0.15, 0.2) is 0 Å². The van der Waals surface area contributed by atoms with E-state index < -0.39 is 0 Å². The number of anilines is 2. The Balaban J connectivity index is 2.01. The van der Waals surface area contributed by atoms with E-state index in [1.807, 2.05) is 26.0 Å². The van der Waals surface area contributed by atoms with E-state index in [4.69, 9.17) is 20.9 Å². The number of rotatable bonds is 7. The second-order valence-electron chi connectivity index (χ2n) is 4.43. The van der Waals surface area contributed by atoms with Gasteiger partial charge in [-0.05, 0) is 0 Å². The molecule has 22 heavy (non-hydrogen) atoms. The van der Waals surface area contributed by atoms with Gasteiger partial charge in [0.25, 0.3) is 0 Å². The van der Waals surface area contributed by atoms with Crippen LogP contribution in [0.15, 0.2) is 36.4 Å². The van der Waals surface area contributed by atoms with Crippen molar-refractivity contribution in [2.75, 3.05) is 24.7 Å². The molecule has 0 aliphatic heterocycles. The first-order chi connectivity index (χ1) is 10.6. The van der Waals surface area contributed by atoms with Gasteiger partial charge in [-0.3, -0.25) is 0 Å². The molecule has 0 aliphatic carbocycles. The van der Waals surface area contributed by atoms with Gasteiger partial charge in [0.2, 0.25) is 0 Å². The summed E-state index contributed by atoms with van der Waals surface area (Å²) in [6, 6.07) is 12.4. The van der Waals surface area contributed by atoms with Crippen molar-refractivity contribution in [2.45, 2.75) is 13.8 Å². The van der Waals surface area contributed by atoms with E-state index in [1.165, 1.54) is 7.22 Å². The van der Waals surface area contributed by atoms with Crippen LogP contribution in [0.25, 0.3) is 0 Å². The van der Waals surface area contributed by atoms with Crippen LogP contribution in [0.4, 0.5) is 11.4 Å². The van der Waals surface area contributed by atoms with Crippen LogP contribution in [-0.2, 0) is 0 Å². The molecule has 0 bridgehead atoms. The van der Waals surface area contributed by atoms with E-state index in [0.717, 1.165) is 22.9 Å². The summed E-state index contributed by atoms with van der Waals surface area (Å²) in [6.45, 7) is 5.20. The fourth-order valence-corrected chi connectivity index (χ4v) is 11.7. The third-order valence-electron chi connectivity index (χ3n) is 2.80. The molecule has 0 aliphatic rings. The molecule has 2 aromatic carbocycles. The fourth-order valence-electron chi connectivity index (χ4n) is 1.83. The Morgan fingerprint density at radius 3 is 1.50 bits per heavy atom. The van der Waals surface area contributed by atoms with Crippen LogP contribution in [0.5, 0.6) is 11.5 Å². The first-order valence-electron chi connectivity index (χ1n) is 7.03. The summed E-state index contributed by atoms with van der Waals surface area (Å²) in [4.78, 5) is 0. The van der Waals surface area contributed by atoms with Gasteiger partial charge in [-0.2, -0.15) is 0 Å². The van der Waals surface area contributed by atoms with Crippen molar-refractivity contribution in [1.82, 2.24) is 0 Å². The zero-order valence-corrected chi connectivity index (χ0v) is 17.3. The van der Waals surface area contributed by atoms with Crippen molar-refractivity contribution in [3.05, 3.63) is 36.4 Å². The summed E-state index contributed by atoms with van der Waals surface area (Å²) < 4.78 is 13.7. The predicted molar refractivity (Wildman–Crippen MR) is 94.8 cm³/mol. The van der Waals surface area contributed by atoms with Crippen LogP contribution in [0, 0.1) is 0 Å². The number of nitrogen functional groups attached to an aromatic ring is 2. The average molecular weight is 528 g/mol. The number of hydrogen-bond acceptors (Lipinski definition) is 4. The Bertz CT molecular complexity index is 580. The Morgan fingerprint density at radius 2 is 1.18 bits per heavy atom. The average Bonchev–Trinajstić information content (AvgIpc) is 2.50. The Labute approximate surface area is 147 Å². The Morgan fingerprint density at radius 1 is 0.773 bits per heavy atom. The first kappa shape index (κ1) is 17.6. The van der Waals surface area contributed by atoms with Crippen molar-refractivity contribution in [3.8, 4) is 11.5 Å². The minimum atomic E-state index is -0.217. The quantitative estimate of drug-likeness (QED) is 0.415. The molecule has 0 unspecified atom stereocenters. The van der Waals surface area contributed by atoms with Crippen molar-refractivity contribution < 1.29 is 9.47 Å². The van der Waals surface area contributed by atoms with Crippen LogP contribution >= 0.6 is 0 Å².